The van der Waals surface area contributed by atoms with Gasteiger partial charge in [-0.1, -0.05) is 0 Å². The number of aryl methyl sites for hydroxylation is 1. The molecule has 1 saturated heterocycles. The Morgan fingerprint density at radius 3 is 2.90 bits per heavy atom. The molecule has 1 aromatic rings. The normalized spacial score (nSPS) is 28.0. The van der Waals surface area contributed by atoms with Crippen molar-refractivity contribution < 1.29 is 18.3 Å². The van der Waals surface area contributed by atoms with Gasteiger partial charge in [-0.05, 0) is 38.0 Å². The van der Waals surface area contributed by atoms with Crippen LogP contribution in [0, 0.1) is 5.92 Å². The number of carboxylic acid groups (broad SMARTS) is 1. The van der Waals surface area contributed by atoms with Crippen LogP contribution >= 0.6 is 0 Å². The third kappa shape index (κ3) is 3.12. The van der Waals surface area contributed by atoms with Crippen LogP contribution in [-0.4, -0.2) is 40.6 Å². The maximum absolute atomic E-state index is 11.7. The third-order valence-electron chi connectivity index (χ3n) is 4.41. The molecule has 3 rings (SSSR count). The number of hydrogen-bond acceptors (Lipinski definition) is 4. The molecule has 1 fully saturated rings. The largest absolute Gasteiger partial charge is 0.481 e. The zero-order valence-corrected chi connectivity index (χ0v) is 12.7. The number of carbonyl (C=O) groups is 1. The molecule has 2 unspecified atom stereocenters. The van der Waals surface area contributed by atoms with E-state index in [1.807, 2.05) is 10.8 Å². The van der Waals surface area contributed by atoms with Gasteiger partial charge in [-0.3, -0.25) is 4.79 Å². The first-order valence-electron chi connectivity index (χ1n) is 7.44. The second-order valence-electron chi connectivity index (χ2n) is 6.14. The Hall–Kier alpha value is -1.37. The number of imidazole rings is 1. The Kier molecular flexibility index (Phi) is 3.77. The van der Waals surface area contributed by atoms with E-state index >= 15 is 0 Å². The molecule has 7 heteroatoms. The fraction of sp³-hybridized carbons (Fsp3) is 0.714. The van der Waals surface area contributed by atoms with E-state index < -0.39 is 21.7 Å². The van der Waals surface area contributed by atoms with Gasteiger partial charge in [0.2, 0.25) is 0 Å². The summed E-state index contributed by atoms with van der Waals surface area (Å²) in [4.78, 5) is 15.8. The summed E-state index contributed by atoms with van der Waals surface area (Å²) in [5, 5.41) is 9.25. The Labute approximate surface area is 124 Å². The molecule has 0 aliphatic carbocycles. The molecule has 0 bridgehead atoms. The number of sulfone groups is 1. The van der Waals surface area contributed by atoms with Crippen LogP contribution in [0.5, 0.6) is 0 Å². The SMILES string of the molecule is O=C(O)C1CCCn2cc(CC3CCCS(=O)(=O)C3)nc21. The summed E-state index contributed by atoms with van der Waals surface area (Å²) in [6.07, 6.45) is 5.64. The monoisotopic (exact) mass is 312 g/mol. The number of aliphatic carboxylic acids is 1. The first-order chi connectivity index (χ1) is 9.94. The van der Waals surface area contributed by atoms with Crippen molar-refractivity contribution in [2.45, 2.75) is 44.6 Å². The van der Waals surface area contributed by atoms with E-state index in [2.05, 4.69) is 4.98 Å². The highest BCUT2D eigenvalue weighted by Gasteiger charge is 2.30. The number of aromatic nitrogens is 2. The number of nitrogens with zero attached hydrogens (tertiary/aromatic N) is 2. The van der Waals surface area contributed by atoms with Crippen LogP contribution in [0.3, 0.4) is 0 Å². The zero-order valence-electron chi connectivity index (χ0n) is 11.9. The number of carboxylic acids is 1. The Morgan fingerprint density at radius 2 is 2.19 bits per heavy atom. The minimum absolute atomic E-state index is 0.115. The van der Waals surface area contributed by atoms with Crippen molar-refractivity contribution in [3.05, 3.63) is 17.7 Å². The van der Waals surface area contributed by atoms with E-state index in [4.69, 9.17) is 0 Å². The lowest BCUT2D eigenvalue weighted by atomic mass is 9.99. The molecular formula is C14H20N2O4S. The molecule has 0 saturated carbocycles. The van der Waals surface area contributed by atoms with Crippen LogP contribution in [-0.2, 0) is 27.6 Å². The lowest BCUT2D eigenvalue weighted by molar-refractivity contribution is -0.139. The van der Waals surface area contributed by atoms with E-state index in [1.54, 1.807) is 0 Å². The summed E-state index contributed by atoms with van der Waals surface area (Å²) in [6, 6.07) is 0. The highest BCUT2D eigenvalue weighted by atomic mass is 32.2. The predicted octanol–water partition coefficient (Wildman–Crippen LogP) is 1.21. The molecule has 0 aromatic carbocycles. The van der Waals surface area contributed by atoms with Crippen LogP contribution in [0.15, 0.2) is 6.20 Å². The van der Waals surface area contributed by atoms with Crippen LogP contribution in [0.1, 0.15) is 43.1 Å². The van der Waals surface area contributed by atoms with Crippen LogP contribution < -0.4 is 0 Å². The molecule has 0 spiro atoms. The highest BCUT2D eigenvalue weighted by molar-refractivity contribution is 7.91. The third-order valence-corrected chi connectivity index (χ3v) is 6.30. The molecule has 116 valence electrons. The number of fused-ring (bicyclic) bond motifs is 1. The van der Waals surface area contributed by atoms with Gasteiger partial charge in [-0.2, -0.15) is 0 Å². The standard InChI is InChI=1S/C14H20N2O4S/c17-14(18)12-4-1-5-16-8-11(15-13(12)16)7-10-3-2-6-21(19,20)9-10/h8,10,12H,1-7,9H2,(H,17,18). The molecule has 21 heavy (non-hydrogen) atoms. The first-order valence-corrected chi connectivity index (χ1v) is 9.26. The Balaban J connectivity index is 1.77. The fourth-order valence-corrected chi connectivity index (χ4v) is 5.22. The van der Waals surface area contributed by atoms with Gasteiger partial charge >= 0.3 is 5.97 Å². The van der Waals surface area contributed by atoms with E-state index in [-0.39, 0.29) is 11.7 Å². The average Bonchev–Trinajstić information content (AvgIpc) is 2.78. The van der Waals surface area contributed by atoms with Crippen LogP contribution in [0.4, 0.5) is 0 Å². The van der Waals surface area contributed by atoms with E-state index in [0.717, 1.165) is 31.5 Å². The van der Waals surface area contributed by atoms with Crippen LogP contribution in [0.25, 0.3) is 0 Å². The Morgan fingerprint density at radius 1 is 1.38 bits per heavy atom. The van der Waals surface area contributed by atoms with Crippen molar-refractivity contribution in [2.24, 2.45) is 5.92 Å². The summed E-state index contributed by atoms with van der Waals surface area (Å²) in [5.41, 5.74) is 0.834. The van der Waals surface area contributed by atoms with Gasteiger partial charge in [0.1, 0.15) is 11.7 Å². The minimum atomic E-state index is -2.91. The summed E-state index contributed by atoms with van der Waals surface area (Å²) in [7, 11) is -2.91. The van der Waals surface area contributed by atoms with Crippen LogP contribution in [0.2, 0.25) is 0 Å². The quantitative estimate of drug-likeness (QED) is 0.906. The molecule has 2 atom stereocenters. The summed E-state index contributed by atoms with van der Waals surface area (Å²) >= 11 is 0. The predicted molar refractivity (Wildman–Crippen MR) is 76.9 cm³/mol. The van der Waals surface area contributed by atoms with Crippen molar-refractivity contribution in [3.8, 4) is 0 Å². The molecule has 0 radical (unpaired) electrons. The van der Waals surface area contributed by atoms with Crippen molar-refractivity contribution in [2.75, 3.05) is 11.5 Å². The van der Waals surface area contributed by atoms with Gasteiger partial charge in [0.15, 0.2) is 9.84 Å². The topological polar surface area (TPSA) is 89.3 Å². The van der Waals surface area contributed by atoms with E-state index in [9.17, 15) is 18.3 Å². The number of hydrogen-bond donors (Lipinski definition) is 1. The lowest BCUT2D eigenvalue weighted by Gasteiger charge is -2.20. The average molecular weight is 312 g/mol. The molecule has 6 nitrogen and oxygen atoms in total. The molecule has 0 amide bonds. The molecule has 2 aliphatic heterocycles. The number of rotatable bonds is 3. The fourth-order valence-electron chi connectivity index (χ4n) is 3.45. The molecular weight excluding hydrogens is 292 g/mol. The van der Waals surface area contributed by atoms with E-state index in [0.29, 0.717) is 24.4 Å². The van der Waals surface area contributed by atoms with Gasteiger partial charge in [0.25, 0.3) is 0 Å². The van der Waals surface area contributed by atoms with Crippen molar-refractivity contribution in [3.63, 3.8) is 0 Å². The second-order valence-corrected chi connectivity index (χ2v) is 8.37. The highest BCUT2D eigenvalue weighted by Crippen LogP contribution is 2.28. The summed E-state index contributed by atoms with van der Waals surface area (Å²) < 4.78 is 25.3. The molecule has 3 heterocycles. The Bertz CT molecular complexity index is 650. The minimum Gasteiger partial charge on any atom is -0.481 e. The van der Waals surface area contributed by atoms with Gasteiger partial charge in [0.05, 0.1) is 17.2 Å². The second kappa shape index (κ2) is 5.44. The van der Waals surface area contributed by atoms with Gasteiger partial charge < -0.3 is 9.67 Å². The van der Waals surface area contributed by atoms with Crippen molar-refractivity contribution in [1.29, 1.82) is 0 Å². The molecule has 1 aromatic heterocycles. The smallest absolute Gasteiger partial charge is 0.314 e. The summed E-state index contributed by atoms with van der Waals surface area (Å²) in [6.45, 7) is 0.801. The molecule has 2 aliphatic rings. The zero-order chi connectivity index (χ0) is 15.0. The molecule has 1 N–H and O–H groups in total. The van der Waals surface area contributed by atoms with Gasteiger partial charge in [-0.25, -0.2) is 13.4 Å². The first kappa shape index (κ1) is 14.6. The van der Waals surface area contributed by atoms with Crippen molar-refractivity contribution >= 4 is 15.8 Å². The van der Waals surface area contributed by atoms with Gasteiger partial charge in [-0.15, -0.1) is 0 Å². The lowest BCUT2D eigenvalue weighted by Crippen LogP contribution is -2.26. The summed E-state index contributed by atoms with van der Waals surface area (Å²) in [5.74, 6) is -0.0794. The van der Waals surface area contributed by atoms with Gasteiger partial charge in [0, 0.05) is 12.7 Å². The maximum Gasteiger partial charge on any atom is 0.314 e. The van der Waals surface area contributed by atoms with E-state index in [1.165, 1.54) is 0 Å². The van der Waals surface area contributed by atoms with Crippen molar-refractivity contribution in [1.82, 2.24) is 9.55 Å². The maximum atomic E-state index is 11.7.